The second-order valence-corrected chi connectivity index (χ2v) is 5.85. The second kappa shape index (κ2) is 6.46. The normalized spacial score (nSPS) is 15.7. The Morgan fingerprint density at radius 2 is 1.76 bits per heavy atom. The lowest BCUT2D eigenvalue weighted by molar-refractivity contribution is 0.297. The van der Waals surface area contributed by atoms with Crippen LogP contribution in [0.4, 0.5) is 5.69 Å². The number of fused-ring (bicyclic) bond motifs is 1. The summed E-state index contributed by atoms with van der Waals surface area (Å²) in [4.78, 5) is 2.40. The van der Waals surface area contributed by atoms with E-state index in [4.69, 9.17) is 5.73 Å². The van der Waals surface area contributed by atoms with Gasteiger partial charge in [-0.2, -0.15) is 0 Å². The summed E-state index contributed by atoms with van der Waals surface area (Å²) in [5, 5.41) is 12.0. The van der Waals surface area contributed by atoms with Gasteiger partial charge in [0.2, 0.25) is 0 Å². The lowest BCUT2D eigenvalue weighted by Gasteiger charge is -2.32. The molecule has 0 atom stereocenters. The Bertz CT molecular complexity index is 605. The average molecular weight is 284 g/mol. The third kappa shape index (κ3) is 2.76. The van der Waals surface area contributed by atoms with Crippen molar-refractivity contribution in [1.82, 2.24) is 0 Å². The minimum absolute atomic E-state index is 0.198. The molecule has 1 aliphatic carbocycles. The van der Waals surface area contributed by atoms with Gasteiger partial charge in [0.15, 0.2) is 0 Å². The van der Waals surface area contributed by atoms with E-state index in [1.807, 2.05) is 0 Å². The zero-order valence-corrected chi connectivity index (χ0v) is 12.5. The molecule has 3 heteroatoms. The third-order valence-electron chi connectivity index (χ3n) is 4.63. The van der Waals surface area contributed by atoms with Crippen molar-refractivity contribution in [1.29, 1.82) is 0 Å². The highest BCUT2D eigenvalue weighted by molar-refractivity contribution is 5.96. The van der Waals surface area contributed by atoms with Gasteiger partial charge in [-0.15, -0.1) is 0 Å². The van der Waals surface area contributed by atoms with E-state index in [0.717, 1.165) is 0 Å². The molecule has 0 spiro atoms. The molecule has 0 unspecified atom stereocenters. The Hall–Kier alpha value is -1.58. The topological polar surface area (TPSA) is 49.5 Å². The zero-order valence-electron chi connectivity index (χ0n) is 12.5. The molecular formula is C18H24N2O. The largest absolute Gasteiger partial charge is 0.395 e. The van der Waals surface area contributed by atoms with E-state index in [2.05, 4.69) is 41.3 Å². The summed E-state index contributed by atoms with van der Waals surface area (Å²) in [6.45, 7) is 1.46. The Balaban J connectivity index is 2.08. The van der Waals surface area contributed by atoms with Gasteiger partial charge in [-0.1, -0.05) is 43.2 Å². The number of hydrogen-bond acceptors (Lipinski definition) is 3. The molecule has 1 aliphatic rings. The fraction of sp³-hybridized carbons (Fsp3) is 0.444. The molecule has 0 amide bonds. The molecule has 112 valence electrons. The number of benzene rings is 2. The second-order valence-electron chi connectivity index (χ2n) is 5.85. The molecule has 3 rings (SSSR count). The van der Waals surface area contributed by atoms with Crippen molar-refractivity contribution in [3.05, 3.63) is 42.0 Å². The fourth-order valence-electron chi connectivity index (χ4n) is 3.60. The van der Waals surface area contributed by atoms with Crippen LogP contribution in [0.5, 0.6) is 0 Å². The van der Waals surface area contributed by atoms with Gasteiger partial charge < -0.3 is 15.7 Å². The molecule has 0 aliphatic heterocycles. The van der Waals surface area contributed by atoms with Crippen molar-refractivity contribution in [3.8, 4) is 0 Å². The Labute approximate surface area is 126 Å². The van der Waals surface area contributed by atoms with Crippen LogP contribution in [0, 0.1) is 0 Å². The van der Waals surface area contributed by atoms with Crippen molar-refractivity contribution >= 4 is 16.5 Å². The number of hydrogen-bond donors (Lipinski definition) is 2. The van der Waals surface area contributed by atoms with E-state index in [9.17, 15) is 5.11 Å². The maximum Gasteiger partial charge on any atom is 0.0606 e. The van der Waals surface area contributed by atoms with E-state index in [1.165, 1.54) is 47.7 Å². The van der Waals surface area contributed by atoms with Gasteiger partial charge in [0.05, 0.1) is 6.61 Å². The molecule has 0 radical (unpaired) electrons. The van der Waals surface area contributed by atoms with Gasteiger partial charge in [-0.05, 0) is 29.9 Å². The van der Waals surface area contributed by atoms with Crippen LogP contribution in [0.1, 0.15) is 31.2 Å². The Kier molecular flexibility index (Phi) is 4.42. The van der Waals surface area contributed by atoms with Crippen LogP contribution in [-0.2, 0) is 6.54 Å². The standard InChI is InChI=1S/C18H24N2O/c19-13-14-9-10-18(17-8-4-3-7-16(14)17)20(11-12-21)15-5-1-2-6-15/h3-4,7-10,15,21H,1-2,5-6,11-13,19H2. The van der Waals surface area contributed by atoms with E-state index in [1.54, 1.807) is 0 Å². The van der Waals surface area contributed by atoms with Crippen LogP contribution in [0.15, 0.2) is 36.4 Å². The average Bonchev–Trinajstić information content (AvgIpc) is 3.06. The minimum atomic E-state index is 0.198. The molecular weight excluding hydrogens is 260 g/mol. The van der Waals surface area contributed by atoms with Gasteiger partial charge in [0.1, 0.15) is 0 Å². The predicted octanol–water partition coefficient (Wildman–Crippen LogP) is 3.04. The summed E-state index contributed by atoms with van der Waals surface area (Å²) in [5.41, 5.74) is 8.29. The zero-order chi connectivity index (χ0) is 14.7. The van der Waals surface area contributed by atoms with Gasteiger partial charge in [-0.3, -0.25) is 0 Å². The minimum Gasteiger partial charge on any atom is -0.395 e. The lowest BCUT2D eigenvalue weighted by atomic mass is 10.0. The lowest BCUT2D eigenvalue weighted by Crippen LogP contribution is -2.35. The number of aliphatic hydroxyl groups is 1. The fourth-order valence-corrected chi connectivity index (χ4v) is 3.60. The number of nitrogens with two attached hydrogens (primary N) is 1. The quantitative estimate of drug-likeness (QED) is 0.887. The number of nitrogens with zero attached hydrogens (tertiary/aromatic N) is 1. The van der Waals surface area contributed by atoms with Gasteiger partial charge in [-0.25, -0.2) is 0 Å². The first-order valence-electron chi connectivity index (χ1n) is 7.93. The Morgan fingerprint density at radius 1 is 1.05 bits per heavy atom. The predicted molar refractivity (Wildman–Crippen MR) is 88.5 cm³/mol. The summed E-state index contributed by atoms with van der Waals surface area (Å²) in [6.07, 6.45) is 5.05. The molecule has 0 bridgehead atoms. The Morgan fingerprint density at radius 3 is 2.43 bits per heavy atom. The van der Waals surface area contributed by atoms with Crippen LogP contribution in [0.25, 0.3) is 10.8 Å². The molecule has 1 saturated carbocycles. The molecule has 3 nitrogen and oxygen atoms in total. The van der Waals surface area contributed by atoms with Crippen LogP contribution in [-0.4, -0.2) is 24.3 Å². The first-order valence-corrected chi connectivity index (χ1v) is 7.93. The van der Waals surface area contributed by atoms with Crippen LogP contribution in [0.3, 0.4) is 0 Å². The van der Waals surface area contributed by atoms with E-state index in [0.29, 0.717) is 19.1 Å². The number of aliphatic hydroxyl groups excluding tert-OH is 1. The summed E-state index contributed by atoms with van der Waals surface area (Å²) in [7, 11) is 0. The first kappa shape index (κ1) is 14.4. The van der Waals surface area contributed by atoms with Gasteiger partial charge in [0.25, 0.3) is 0 Å². The van der Waals surface area contributed by atoms with Gasteiger partial charge >= 0.3 is 0 Å². The molecule has 0 saturated heterocycles. The molecule has 0 aromatic heterocycles. The molecule has 2 aromatic carbocycles. The summed E-state index contributed by atoms with van der Waals surface area (Å²) in [6, 6.07) is 13.3. The van der Waals surface area contributed by atoms with Crippen molar-refractivity contribution in [2.45, 2.75) is 38.3 Å². The van der Waals surface area contributed by atoms with Crippen molar-refractivity contribution < 1.29 is 5.11 Å². The van der Waals surface area contributed by atoms with Crippen LogP contribution in [0.2, 0.25) is 0 Å². The maximum atomic E-state index is 9.47. The summed E-state index contributed by atoms with van der Waals surface area (Å²) in [5.74, 6) is 0. The highest BCUT2D eigenvalue weighted by Gasteiger charge is 2.23. The first-order chi connectivity index (χ1) is 10.3. The highest BCUT2D eigenvalue weighted by atomic mass is 16.3. The highest BCUT2D eigenvalue weighted by Crippen LogP contribution is 2.34. The third-order valence-corrected chi connectivity index (χ3v) is 4.63. The van der Waals surface area contributed by atoms with E-state index >= 15 is 0 Å². The maximum absolute atomic E-state index is 9.47. The monoisotopic (exact) mass is 284 g/mol. The summed E-state index contributed by atoms with van der Waals surface area (Å²) < 4.78 is 0. The summed E-state index contributed by atoms with van der Waals surface area (Å²) >= 11 is 0. The molecule has 2 aromatic rings. The van der Waals surface area contributed by atoms with E-state index < -0.39 is 0 Å². The number of rotatable bonds is 5. The molecule has 21 heavy (non-hydrogen) atoms. The van der Waals surface area contributed by atoms with Crippen molar-refractivity contribution in [3.63, 3.8) is 0 Å². The van der Waals surface area contributed by atoms with Crippen molar-refractivity contribution in [2.24, 2.45) is 5.73 Å². The van der Waals surface area contributed by atoms with Crippen LogP contribution < -0.4 is 10.6 Å². The molecule has 0 heterocycles. The van der Waals surface area contributed by atoms with Crippen molar-refractivity contribution in [2.75, 3.05) is 18.1 Å². The van der Waals surface area contributed by atoms with E-state index in [-0.39, 0.29) is 6.61 Å². The molecule has 3 N–H and O–H groups in total. The van der Waals surface area contributed by atoms with Crippen LogP contribution >= 0.6 is 0 Å². The number of anilines is 1. The molecule has 1 fully saturated rings. The smallest absolute Gasteiger partial charge is 0.0606 e. The SMILES string of the molecule is NCc1ccc(N(CCO)C2CCCC2)c2ccccc12. The van der Waals surface area contributed by atoms with Gasteiger partial charge in [0, 0.05) is 30.2 Å².